The molecule has 2 aliphatic rings. The summed E-state index contributed by atoms with van der Waals surface area (Å²) in [5, 5.41) is 12.4. The molecule has 1 saturated carbocycles. The van der Waals surface area contributed by atoms with Crippen LogP contribution in [0.4, 0.5) is 13.2 Å². The number of halogens is 5. The molecule has 1 aliphatic carbocycles. The van der Waals surface area contributed by atoms with Crippen molar-refractivity contribution in [2.24, 2.45) is 5.41 Å². The molecule has 38 heavy (non-hydrogen) atoms. The van der Waals surface area contributed by atoms with Gasteiger partial charge in [-0.2, -0.15) is 13.2 Å². The maximum absolute atomic E-state index is 13.5. The Morgan fingerprint density at radius 3 is 2.42 bits per heavy atom. The Kier molecular flexibility index (Phi) is 8.09. The number of nitrogens with one attached hydrogen (secondary N) is 1. The van der Waals surface area contributed by atoms with Crippen molar-refractivity contribution in [2.75, 3.05) is 26.3 Å². The fraction of sp³-hybridized carbons (Fsp3) is 0.560. The van der Waals surface area contributed by atoms with Gasteiger partial charge >= 0.3 is 6.18 Å². The van der Waals surface area contributed by atoms with E-state index >= 15 is 0 Å². The molecule has 2 fully saturated rings. The first kappa shape index (κ1) is 29.1. The molecule has 13 heteroatoms. The van der Waals surface area contributed by atoms with Crippen LogP contribution in [0.25, 0.3) is 10.4 Å². The van der Waals surface area contributed by atoms with Crippen LogP contribution in [0, 0.1) is 5.41 Å². The zero-order valence-electron chi connectivity index (χ0n) is 21.0. The highest BCUT2D eigenvalue weighted by atomic mass is 35.5. The van der Waals surface area contributed by atoms with Crippen molar-refractivity contribution in [1.82, 2.24) is 15.2 Å². The second-order valence-corrected chi connectivity index (χ2v) is 11.5. The van der Waals surface area contributed by atoms with Crippen LogP contribution in [-0.4, -0.2) is 65.3 Å². The number of hydrogen-bond acceptors (Lipinski definition) is 6. The Morgan fingerprint density at radius 2 is 1.84 bits per heavy atom. The lowest BCUT2D eigenvalue weighted by molar-refractivity contribution is -0.258. The molecule has 7 nitrogen and oxygen atoms in total. The van der Waals surface area contributed by atoms with Gasteiger partial charge in [-0.1, -0.05) is 35.3 Å². The predicted molar refractivity (Wildman–Crippen MR) is 139 cm³/mol. The second-order valence-electron chi connectivity index (χ2n) is 9.74. The van der Waals surface area contributed by atoms with Gasteiger partial charge in [0.05, 0.1) is 14.9 Å². The van der Waals surface area contributed by atoms with E-state index in [1.807, 2.05) is 0 Å². The monoisotopic (exact) mass is 593 g/mol. The fourth-order valence-corrected chi connectivity index (χ4v) is 6.42. The van der Waals surface area contributed by atoms with Gasteiger partial charge in [0.25, 0.3) is 11.8 Å². The molecule has 208 valence electrons. The van der Waals surface area contributed by atoms with E-state index < -0.39 is 34.2 Å². The number of benzene rings is 1. The summed E-state index contributed by atoms with van der Waals surface area (Å²) in [4.78, 5) is 32.6. The summed E-state index contributed by atoms with van der Waals surface area (Å²) in [6.07, 6.45) is -2.46. The summed E-state index contributed by atoms with van der Waals surface area (Å²) >= 11 is 13.6. The number of carbonyl (C=O) groups is 2. The molecular weight excluding hydrogens is 566 g/mol. The van der Waals surface area contributed by atoms with Crippen molar-refractivity contribution in [3.05, 3.63) is 38.4 Å². The van der Waals surface area contributed by atoms with Gasteiger partial charge in [0, 0.05) is 43.5 Å². The van der Waals surface area contributed by atoms with Gasteiger partial charge in [0.1, 0.15) is 5.69 Å². The van der Waals surface area contributed by atoms with Gasteiger partial charge in [-0.25, -0.2) is 4.98 Å². The SMILES string of the molecule is CCN(CC)C(=O)c1nc(C(=O)N[C@H]2CC23CCOCC3)sc1-c1ccc(C(C)(O)C(F)(F)F)c(Cl)c1Cl. The lowest BCUT2D eigenvalue weighted by Crippen LogP contribution is -2.39. The first-order valence-corrected chi connectivity index (χ1v) is 13.8. The predicted octanol–water partition coefficient (Wildman–Crippen LogP) is 5.67. The number of hydrogen-bond donors (Lipinski definition) is 2. The number of amides is 2. The number of aromatic nitrogens is 1. The highest BCUT2D eigenvalue weighted by molar-refractivity contribution is 7.17. The number of alkyl halides is 3. The van der Waals surface area contributed by atoms with Crippen LogP contribution in [0.3, 0.4) is 0 Å². The summed E-state index contributed by atoms with van der Waals surface area (Å²) in [6, 6.07) is 2.24. The largest absolute Gasteiger partial charge is 0.421 e. The van der Waals surface area contributed by atoms with Gasteiger partial charge < -0.3 is 20.1 Å². The lowest BCUT2D eigenvalue weighted by Gasteiger charge is -2.28. The molecule has 0 bridgehead atoms. The molecule has 1 aliphatic heterocycles. The highest BCUT2D eigenvalue weighted by Crippen LogP contribution is 2.53. The van der Waals surface area contributed by atoms with Crippen LogP contribution >= 0.6 is 34.5 Å². The van der Waals surface area contributed by atoms with Crippen LogP contribution in [0.5, 0.6) is 0 Å². The molecule has 2 atom stereocenters. The van der Waals surface area contributed by atoms with Crippen molar-refractivity contribution >= 4 is 46.4 Å². The van der Waals surface area contributed by atoms with Crippen LogP contribution in [0.15, 0.2) is 12.1 Å². The normalized spacial score (nSPS) is 20.2. The van der Waals surface area contributed by atoms with E-state index in [4.69, 9.17) is 27.9 Å². The van der Waals surface area contributed by atoms with Gasteiger partial charge in [0.2, 0.25) is 0 Å². The molecule has 1 aromatic carbocycles. The van der Waals surface area contributed by atoms with E-state index in [-0.39, 0.29) is 37.6 Å². The van der Waals surface area contributed by atoms with E-state index in [9.17, 15) is 27.9 Å². The number of carbonyl (C=O) groups excluding carboxylic acids is 2. The molecule has 2 heterocycles. The molecule has 2 aromatic rings. The molecule has 1 saturated heterocycles. The Labute approximate surface area is 232 Å². The van der Waals surface area contributed by atoms with E-state index in [1.54, 1.807) is 13.8 Å². The zero-order valence-corrected chi connectivity index (χ0v) is 23.4. The summed E-state index contributed by atoms with van der Waals surface area (Å²) < 4.78 is 45.8. The molecular formula is C25H28Cl2F3N3O4S. The average Bonchev–Trinajstić information content (AvgIpc) is 3.30. The molecule has 1 spiro atoms. The van der Waals surface area contributed by atoms with Crippen LogP contribution in [0.2, 0.25) is 10.0 Å². The molecule has 1 aromatic heterocycles. The van der Waals surface area contributed by atoms with E-state index in [2.05, 4.69) is 10.3 Å². The topological polar surface area (TPSA) is 91.8 Å². The van der Waals surface area contributed by atoms with Crippen LogP contribution in [-0.2, 0) is 10.3 Å². The maximum atomic E-state index is 13.5. The van der Waals surface area contributed by atoms with Crippen molar-refractivity contribution < 1.29 is 32.6 Å². The molecule has 0 radical (unpaired) electrons. The second kappa shape index (κ2) is 10.6. The Balaban J connectivity index is 1.73. The summed E-state index contributed by atoms with van der Waals surface area (Å²) in [5.74, 6) is -0.895. The lowest BCUT2D eigenvalue weighted by atomic mass is 9.94. The number of nitrogens with zero attached hydrogens (tertiary/aromatic N) is 2. The van der Waals surface area contributed by atoms with Crippen molar-refractivity contribution in [3.8, 4) is 10.4 Å². The first-order chi connectivity index (χ1) is 17.8. The van der Waals surface area contributed by atoms with Crippen molar-refractivity contribution in [1.29, 1.82) is 0 Å². The third-order valence-corrected chi connectivity index (χ3v) is 9.43. The Hall–Kier alpha value is -1.92. The van der Waals surface area contributed by atoms with Crippen molar-refractivity contribution in [2.45, 2.75) is 57.9 Å². The molecule has 2 N–H and O–H groups in total. The first-order valence-electron chi connectivity index (χ1n) is 12.2. The Morgan fingerprint density at radius 1 is 1.21 bits per heavy atom. The zero-order chi connectivity index (χ0) is 28.0. The van der Waals surface area contributed by atoms with Gasteiger partial charge in [-0.15, -0.1) is 11.3 Å². The Bertz CT molecular complexity index is 1240. The quantitative estimate of drug-likeness (QED) is 0.432. The minimum atomic E-state index is -5.01. The van der Waals surface area contributed by atoms with Crippen molar-refractivity contribution in [3.63, 3.8) is 0 Å². The minimum absolute atomic E-state index is 0.0184. The number of rotatable bonds is 7. The fourth-order valence-electron chi connectivity index (χ4n) is 4.76. The molecule has 4 rings (SSSR count). The molecule has 2 amide bonds. The van der Waals surface area contributed by atoms with E-state index in [0.29, 0.717) is 33.2 Å². The van der Waals surface area contributed by atoms with Gasteiger partial charge in [0.15, 0.2) is 10.6 Å². The molecule has 1 unspecified atom stereocenters. The van der Waals surface area contributed by atoms with E-state index in [0.717, 1.165) is 36.7 Å². The smallest absolute Gasteiger partial charge is 0.381 e. The van der Waals surface area contributed by atoms with Gasteiger partial charge in [-0.3, -0.25) is 9.59 Å². The summed E-state index contributed by atoms with van der Waals surface area (Å²) in [6.45, 7) is 6.21. The summed E-state index contributed by atoms with van der Waals surface area (Å²) in [7, 11) is 0. The number of thiazole rings is 1. The third-order valence-electron chi connectivity index (χ3n) is 7.46. The number of ether oxygens (including phenoxy) is 1. The maximum Gasteiger partial charge on any atom is 0.421 e. The standard InChI is InChI=1S/C25H28Cl2F3N3O4S/c1-4-33(5-2)22(35)18-19(13-6-7-14(17(27)16(13)26)23(3,36)25(28,29)30)38-21(32-18)20(34)31-15-12-24(15)8-10-37-11-9-24/h6-7,15,36H,4-5,8-12H2,1-3H3,(H,31,34)/t15-,23?/m0/s1. The number of aliphatic hydroxyl groups is 1. The van der Waals surface area contributed by atoms with E-state index in [1.165, 1.54) is 11.0 Å². The summed E-state index contributed by atoms with van der Waals surface area (Å²) in [5.41, 5.74) is -3.77. The minimum Gasteiger partial charge on any atom is -0.381 e. The average molecular weight is 594 g/mol. The third kappa shape index (κ3) is 5.15. The van der Waals surface area contributed by atoms with Crippen LogP contribution in [0.1, 0.15) is 65.9 Å². The van der Waals surface area contributed by atoms with Crippen LogP contribution < -0.4 is 5.32 Å². The highest BCUT2D eigenvalue weighted by Gasteiger charge is 2.55. The van der Waals surface area contributed by atoms with Gasteiger partial charge in [-0.05, 0) is 45.4 Å².